The fourth-order valence-electron chi connectivity index (χ4n) is 5.87. The first-order valence-electron chi connectivity index (χ1n) is 14.8. The number of amides is 1. The quantitative estimate of drug-likeness (QED) is 0.234. The molecule has 246 valence electrons. The Balaban J connectivity index is 1.79. The highest BCUT2D eigenvalue weighted by Gasteiger charge is 2.36. The van der Waals surface area contributed by atoms with Crippen LogP contribution in [0.25, 0.3) is 11.1 Å². The second-order valence-corrected chi connectivity index (χ2v) is 11.9. The van der Waals surface area contributed by atoms with E-state index in [1.165, 1.54) is 25.1 Å². The van der Waals surface area contributed by atoms with Gasteiger partial charge in [0, 0.05) is 29.9 Å². The van der Waals surface area contributed by atoms with Crippen molar-refractivity contribution < 1.29 is 37.0 Å². The smallest absolute Gasteiger partial charge is 0.416 e. The third kappa shape index (κ3) is 7.07. The number of nitrogens with one attached hydrogen (secondary N) is 1. The van der Waals surface area contributed by atoms with Gasteiger partial charge in [-0.1, -0.05) is 24.3 Å². The van der Waals surface area contributed by atoms with Crippen molar-refractivity contribution in [3.05, 3.63) is 116 Å². The zero-order chi connectivity index (χ0) is 34.2. The highest BCUT2D eigenvalue weighted by atomic mass is 19.4. The van der Waals surface area contributed by atoms with Gasteiger partial charge in [-0.2, -0.15) is 13.2 Å². The number of benzene rings is 3. The molecule has 0 aliphatic carbocycles. The van der Waals surface area contributed by atoms with E-state index in [4.69, 9.17) is 4.74 Å². The van der Waals surface area contributed by atoms with Gasteiger partial charge in [0.25, 0.3) is 5.56 Å². The van der Waals surface area contributed by atoms with Crippen LogP contribution in [0.1, 0.15) is 51.9 Å². The molecule has 1 amide bonds. The van der Waals surface area contributed by atoms with Crippen LogP contribution in [-0.2, 0) is 22.2 Å². The summed E-state index contributed by atoms with van der Waals surface area (Å²) in [6.45, 7) is 3.57. The zero-order valence-electron chi connectivity index (χ0n) is 26.1. The molecule has 2 N–H and O–H groups in total. The number of hydrogen-bond donors (Lipinski definition) is 2. The monoisotopic (exact) mass is 651 g/mol. The number of aromatic nitrogens is 1. The largest absolute Gasteiger partial charge is 0.481 e. The van der Waals surface area contributed by atoms with E-state index in [0.29, 0.717) is 22.9 Å². The van der Waals surface area contributed by atoms with E-state index in [1.807, 2.05) is 13.0 Å². The number of carbonyl (C=O) groups excluding carboxylic acids is 1. The molecule has 8 nitrogen and oxygen atoms in total. The highest BCUT2D eigenvalue weighted by Crippen LogP contribution is 2.40. The molecule has 2 unspecified atom stereocenters. The summed E-state index contributed by atoms with van der Waals surface area (Å²) < 4.78 is 65.2. The standard InChI is InChI=1S/C35H33F4N3O5/c1-19-7-5-10-28-31(19)23-13-20(2)32(36)25(15-23)27(17-30(44)45)40-34(46)33(21-8-6-9-24(14-21)47-28)42-18-22(11-12-41(3)4)26(16-29(42)43)35(37,38)39/h5-10,13-16,18,27,33H,11-12,17H2,1-4H3,(H,40,46)(H,44,45). The topological polar surface area (TPSA) is 101 Å². The van der Waals surface area contributed by atoms with Gasteiger partial charge in [0.1, 0.15) is 23.4 Å². The predicted octanol–water partition coefficient (Wildman–Crippen LogP) is 6.42. The van der Waals surface area contributed by atoms with Gasteiger partial charge in [0.05, 0.1) is 18.0 Å². The van der Waals surface area contributed by atoms with Gasteiger partial charge in [-0.25, -0.2) is 4.39 Å². The molecule has 1 aromatic heterocycles. The molecule has 2 heterocycles. The molecule has 4 bridgehead atoms. The lowest BCUT2D eigenvalue weighted by atomic mass is 9.92. The number of hydrogen-bond acceptors (Lipinski definition) is 5. The number of rotatable bonds is 6. The van der Waals surface area contributed by atoms with Crippen molar-refractivity contribution in [1.82, 2.24) is 14.8 Å². The van der Waals surface area contributed by atoms with Crippen molar-refractivity contribution in [2.75, 3.05) is 20.6 Å². The normalized spacial score (nSPS) is 16.3. The molecule has 5 rings (SSSR count). The van der Waals surface area contributed by atoms with Gasteiger partial charge >= 0.3 is 12.1 Å². The molecular weight excluding hydrogens is 618 g/mol. The summed E-state index contributed by atoms with van der Waals surface area (Å²) in [6, 6.07) is 12.0. The molecule has 0 spiro atoms. The summed E-state index contributed by atoms with van der Waals surface area (Å²) in [5.41, 5.74) is -0.274. The van der Waals surface area contributed by atoms with Gasteiger partial charge in [-0.3, -0.25) is 19.0 Å². The van der Waals surface area contributed by atoms with Crippen LogP contribution in [0.2, 0.25) is 0 Å². The molecule has 2 atom stereocenters. The second kappa shape index (κ2) is 13.0. The molecule has 3 aromatic carbocycles. The minimum absolute atomic E-state index is 0.0886. The van der Waals surface area contributed by atoms with Gasteiger partial charge in [0.2, 0.25) is 5.91 Å². The van der Waals surface area contributed by atoms with E-state index in [0.717, 1.165) is 16.3 Å². The molecule has 1 aliphatic heterocycles. The third-order valence-corrected chi connectivity index (χ3v) is 8.10. The number of aryl methyl sites for hydroxylation is 2. The number of fused-ring (bicyclic) bond motifs is 6. The minimum atomic E-state index is -4.83. The summed E-state index contributed by atoms with van der Waals surface area (Å²) in [5.74, 6) is -2.34. The van der Waals surface area contributed by atoms with Crippen LogP contribution in [0.3, 0.4) is 0 Å². The van der Waals surface area contributed by atoms with Gasteiger partial charge in [-0.15, -0.1) is 0 Å². The minimum Gasteiger partial charge on any atom is -0.481 e. The number of ether oxygens (including phenoxy) is 1. The maximum absolute atomic E-state index is 15.8. The Morgan fingerprint density at radius 2 is 1.74 bits per heavy atom. The van der Waals surface area contributed by atoms with E-state index in [-0.39, 0.29) is 41.0 Å². The molecule has 0 saturated carbocycles. The SMILES string of the molecule is Cc1cc2cc(c1F)C(CC(=O)O)NC(=O)C(n1cc(CCN(C)C)c(C(F)(F)F)cc1=O)c1cccc(c1)Oc1cccc(C)c1-2. The maximum Gasteiger partial charge on any atom is 0.416 e. The molecular formula is C35H33F4N3O5. The first-order valence-corrected chi connectivity index (χ1v) is 14.8. The van der Waals surface area contributed by atoms with Crippen molar-refractivity contribution in [3.8, 4) is 22.6 Å². The Kier molecular flexibility index (Phi) is 9.26. The molecule has 12 heteroatoms. The summed E-state index contributed by atoms with van der Waals surface area (Å²) in [4.78, 5) is 41.4. The summed E-state index contributed by atoms with van der Waals surface area (Å²) in [7, 11) is 3.38. The Bertz CT molecular complexity index is 1920. The lowest BCUT2D eigenvalue weighted by Crippen LogP contribution is -2.41. The highest BCUT2D eigenvalue weighted by molar-refractivity contribution is 5.85. The number of aliphatic carboxylic acids is 1. The maximum atomic E-state index is 15.8. The zero-order valence-corrected chi connectivity index (χ0v) is 26.1. The number of carboxylic acids is 1. The van der Waals surface area contributed by atoms with Crippen LogP contribution in [-0.4, -0.2) is 47.1 Å². The fraction of sp³-hybridized carbons (Fsp3) is 0.286. The van der Waals surface area contributed by atoms with Crippen molar-refractivity contribution in [1.29, 1.82) is 0 Å². The number of pyridine rings is 1. The van der Waals surface area contributed by atoms with Crippen LogP contribution in [0.4, 0.5) is 17.6 Å². The lowest BCUT2D eigenvalue weighted by molar-refractivity contribution is -0.139. The molecule has 0 fully saturated rings. The summed E-state index contributed by atoms with van der Waals surface area (Å²) >= 11 is 0. The van der Waals surface area contributed by atoms with Crippen molar-refractivity contribution in [2.45, 2.75) is 44.9 Å². The lowest BCUT2D eigenvalue weighted by Gasteiger charge is -2.26. The predicted molar refractivity (Wildman–Crippen MR) is 167 cm³/mol. The Hall–Kier alpha value is -4.97. The van der Waals surface area contributed by atoms with Gasteiger partial charge < -0.3 is 20.1 Å². The number of nitrogens with zero attached hydrogens (tertiary/aromatic N) is 2. The first-order chi connectivity index (χ1) is 22.1. The van der Waals surface area contributed by atoms with Crippen LogP contribution in [0.15, 0.2) is 71.7 Å². The van der Waals surface area contributed by atoms with E-state index >= 15 is 4.39 Å². The number of carboxylic acid groups (broad SMARTS) is 1. The van der Waals surface area contributed by atoms with Crippen molar-refractivity contribution in [2.24, 2.45) is 0 Å². The number of alkyl halides is 3. The van der Waals surface area contributed by atoms with Gasteiger partial charge in [-0.05, 0) is 92.5 Å². The van der Waals surface area contributed by atoms with E-state index in [9.17, 15) is 32.7 Å². The Morgan fingerprint density at radius 1 is 1.02 bits per heavy atom. The van der Waals surface area contributed by atoms with Crippen molar-refractivity contribution in [3.63, 3.8) is 0 Å². The van der Waals surface area contributed by atoms with E-state index in [1.54, 1.807) is 49.3 Å². The van der Waals surface area contributed by atoms with E-state index in [2.05, 4.69) is 5.32 Å². The number of carbonyl (C=O) groups is 2. The molecule has 4 aromatic rings. The van der Waals surface area contributed by atoms with Crippen LogP contribution in [0, 0.1) is 19.7 Å². The van der Waals surface area contributed by atoms with Crippen LogP contribution >= 0.6 is 0 Å². The fourth-order valence-corrected chi connectivity index (χ4v) is 5.87. The second-order valence-electron chi connectivity index (χ2n) is 11.9. The number of likely N-dealkylation sites (N-methyl/N-ethyl adjacent to an activating group) is 1. The average Bonchev–Trinajstić information content (AvgIpc) is 2.98. The van der Waals surface area contributed by atoms with Crippen LogP contribution in [0.5, 0.6) is 11.5 Å². The third-order valence-electron chi connectivity index (χ3n) is 8.10. The molecule has 47 heavy (non-hydrogen) atoms. The average molecular weight is 652 g/mol. The Labute approximate surface area is 268 Å². The molecule has 0 saturated heterocycles. The molecule has 1 aliphatic rings. The van der Waals surface area contributed by atoms with Crippen molar-refractivity contribution >= 4 is 11.9 Å². The number of halogens is 4. The van der Waals surface area contributed by atoms with E-state index < -0.39 is 53.5 Å². The van der Waals surface area contributed by atoms with Crippen LogP contribution < -0.4 is 15.6 Å². The van der Waals surface area contributed by atoms with Gasteiger partial charge in [0.15, 0.2) is 0 Å². The Morgan fingerprint density at radius 3 is 2.43 bits per heavy atom. The summed E-state index contributed by atoms with van der Waals surface area (Å²) in [5, 5.41) is 12.4. The summed E-state index contributed by atoms with van der Waals surface area (Å²) in [6.07, 6.45) is -4.62. The first kappa shape index (κ1) is 33.4. The molecule has 0 radical (unpaired) electrons.